The van der Waals surface area contributed by atoms with Crippen LogP contribution in [-0.4, -0.2) is 152 Å². The predicted octanol–water partition coefficient (Wildman–Crippen LogP) is 5.84. The van der Waals surface area contributed by atoms with Crippen molar-refractivity contribution in [3.8, 4) is 0 Å². The number of aryl methyl sites for hydroxylation is 2. The lowest BCUT2D eigenvalue weighted by Gasteiger charge is -2.42. The van der Waals surface area contributed by atoms with E-state index in [-0.39, 0.29) is 109 Å². The van der Waals surface area contributed by atoms with Gasteiger partial charge < -0.3 is 19.6 Å². The normalized spacial score (nSPS) is 17.9. The number of quaternary nitrogens is 2. The molecule has 4 fully saturated rings. The Hall–Kier alpha value is -6.70. The van der Waals surface area contributed by atoms with Gasteiger partial charge >= 0.3 is 35.7 Å². The van der Waals surface area contributed by atoms with Crippen LogP contribution in [0.3, 0.4) is 0 Å². The van der Waals surface area contributed by atoms with Crippen molar-refractivity contribution in [2.75, 3.05) is 111 Å². The van der Waals surface area contributed by atoms with Gasteiger partial charge in [-0.05, 0) is 37.8 Å². The first-order valence-electron chi connectivity index (χ1n) is 26.6. The van der Waals surface area contributed by atoms with Crippen molar-refractivity contribution in [3.63, 3.8) is 0 Å². The number of anilines is 4. The molecule has 0 aromatic carbocycles. The third-order valence-electron chi connectivity index (χ3n) is 14.5. The number of carbonyl (C=O) groups excluding carboxylic acids is 2. The van der Waals surface area contributed by atoms with Gasteiger partial charge in [-0.1, -0.05) is 41.5 Å². The average Bonchev–Trinajstić information content (AvgIpc) is 3.44. The third-order valence-corrected chi connectivity index (χ3v) is 14.5. The van der Waals surface area contributed by atoms with E-state index in [1.54, 1.807) is 75.9 Å². The number of carbonyl (C=O) groups is 2. The van der Waals surface area contributed by atoms with Gasteiger partial charge in [-0.25, -0.2) is 39.1 Å². The summed E-state index contributed by atoms with van der Waals surface area (Å²) in [6.45, 7) is 16.0. The molecular formula is C52H70F6N14O6+2. The Balaban J connectivity index is 0.966. The molecule has 4 saturated heterocycles. The lowest BCUT2D eigenvalue weighted by atomic mass is 9.95. The number of unbranched alkanes of at least 4 members (excludes halogenated alkanes) is 2. The summed E-state index contributed by atoms with van der Waals surface area (Å²) < 4.78 is 87.2. The Morgan fingerprint density at radius 1 is 0.513 bits per heavy atom. The molecule has 0 aliphatic carbocycles. The Morgan fingerprint density at radius 3 is 1.15 bits per heavy atom. The summed E-state index contributed by atoms with van der Waals surface area (Å²) >= 11 is 0. The average molecular weight is 1100 g/mol. The summed E-state index contributed by atoms with van der Waals surface area (Å²) in [5.41, 5.74) is -4.51. The van der Waals surface area contributed by atoms with Crippen LogP contribution in [0.1, 0.15) is 103 Å². The maximum atomic E-state index is 14.1. The van der Waals surface area contributed by atoms with Gasteiger partial charge in [-0.2, -0.15) is 36.3 Å². The van der Waals surface area contributed by atoms with E-state index in [4.69, 9.17) is 9.68 Å². The first-order chi connectivity index (χ1) is 36.7. The van der Waals surface area contributed by atoms with E-state index in [2.05, 4.69) is 29.9 Å². The van der Waals surface area contributed by atoms with Crippen LogP contribution in [0, 0.1) is 0 Å². The van der Waals surface area contributed by atoms with E-state index >= 15 is 0 Å². The Morgan fingerprint density at radius 2 is 0.859 bits per heavy atom. The zero-order chi connectivity index (χ0) is 56.3. The van der Waals surface area contributed by atoms with E-state index in [0.717, 1.165) is 63.3 Å². The summed E-state index contributed by atoms with van der Waals surface area (Å²) in [7, 11) is 0. The van der Waals surface area contributed by atoms with Crippen LogP contribution < -0.4 is 31.0 Å². The number of rotatable bonds is 18. The third kappa shape index (κ3) is 14.3. The number of hydrogen-bond acceptors (Lipinski definition) is 16. The van der Waals surface area contributed by atoms with E-state index < -0.39 is 46.5 Å². The Kier molecular flexibility index (Phi) is 16.9. The first kappa shape index (κ1) is 57.5. The maximum absolute atomic E-state index is 14.1. The molecule has 0 bridgehead atoms. The largest absolute Gasteiger partial charge is 0.433 e. The van der Waals surface area contributed by atoms with Gasteiger partial charge in [-0.15, -0.1) is 9.29 Å². The smallest absolute Gasteiger partial charge is 0.356 e. The topological polar surface area (TPSA) is 187 Å². The Labute approximate surface area is 448 Å². The first-order valence-corrected chi connectivity index (χ1v) is 26.6. The Bertz CT molecular complexity index is 2670. The van der Waals surface area contributed by atoms with E-state index in [1.165, 1.54) is 9.13 Å². The van der Waals surface area contributed by atoms with Crippen molar-refractivity contribution in [1.29, 1.82) is 0 Å². The van der Waals surface area contributed by atoms with Crippen LogP contribution in [-0.2, 0) is 55.5 Å². The lowest BCUT2D eigenvalue weighted by Crippen LogP contribution is -2.61. The molecule has 78 heavy (non-hydrogen) atoms. The van der Waals surface area contributed by atoms with Crippen molar-refractivity contribution in [1.82, 2.24) is 39.0 Å². The molecule has 0 atom stereocenters. The van der Waals surface area contributed by atoms with Crippen LogP contribution in [0.15, 0.2) is 58.4 Å². The van der Waals surface area contributed by atoms with Gasteiger partial charge in [0, 0.05) is 99.6 Å². The van der Waals surface area contributed by atoms with Crippen molar-refractivity contribution in [2.45, 2.75) is 116 Å². The molecule has 4 aromatic heterocycles. The highest BCUT2D eigenvalue weighted by atomic mass is 19.4. The summed E-state index contributed by atoms with van der Waals surface area (Å²) in [6, 6.07) is 5.43. The molecule has 424 valence electrons. The van der Waals surface area contributed by atoms with Crippen LogP contribution in [0.5, 0.6) is 0 Å². The molecule has 4 aliphatic heterocycles. The van der Waals surface area contributed by atoms with Crippen molar-refractivity contribution < 1.29 is 54.9 Å². The number of aromatic nitrogens is 8. The highest BCUT2D eigenvalue weighted by Crippen LogP contribution is 2.35. The number of hydroxylamine groups is 6. The minimum atomic E-state index is -4.72. The molecule has 4 aliphatic rings. The van der Waals surface area contributed by atoms with Gasteiger partial charge in [0.15, 0.2) is 0 Å². The molecule has 0 N–H and O–H groups in total. The number of halogens is 6. The molecule has 0 saturated carbocycles. The quantitative estimate of drug-likeness (QED) is 0.0500. The van der Waals surface area contributed by atoms with Crippen LogP contribution in [0.4, 0.5) is 49.6 Å². The highest BCUT2D eigenvalue weighted by molar-refractivity contribution is 5.91. The fourth-order valence-electron chi connectivity index (χ4n) is 9.56. The summed E-state index contributed by atoms with van der Waals surface area (Å²) in [5, 5.41) is 0. The van der Waals surface area contributed by atoms with Crippen LogP contribution >= 0.6 is 0 Å². The van der Waals surface area contributed by atoms with Gasteiger partial charge in [0.25, 0.3) is 0 Å². The second-order valence-corrected chi connectivity index (χ2v) is 22.6. The SMILES string of the molecule is CC(C)(C)c1nc(N2CC[N+](CCCCn3ccc(N4CCC4)nc3=O)(OC(=O)/C=C/C(=O)O[N+]3(CCCCn4ccc(N5CCC5)nc4=O)CCN(c4cc(C(F)(F)F)nc(C(C)(C)C)n4)CC3)CC2)cc(C(F)(F)F)n1. The van der Waals surface area contributed by atoms with E-state index in [1.807, 2.05) is 9.80 Å². The fraction of sp³-hybridized carbons (Fsp3) is 0.615. The molecule has 26 heteroatoms. The second kappa shape index (κ2) is 22.9. The molecule has 0 spiro atoms. The highest BCUT2D eigenvalue weighted by Gasteiger charge is 2.43. The maximum Gasteiger partial charge on any atom is 0.433 e. The predicted molar refractivity (Wildman–Crippen MR) is 276 cm³/mol. The van der Waals surface area contributed by atoms with Crippen molar-refractivity contribution in [2.24, 2.45) is 0 Å². The van der Waals surface area contributed by atoms with Gasteiger partial charge in [0.2, 0.25) is 0 Å². The van der Waals surface area contributed by atoms with Gasteiger partial charge in [0.1, 0.15) is 85.6 Å². The molecule has 0 radical (unpaired) electrons. The minimum absolute atomic E-state index is 0.0215. The summed E-state index contributed by atoms with van der Waals surface area (Å²) in [4.78, 5) is 98.3. The monoisotopic (exact) mass is 1100 g/mol. The second-order valence-electron chi connectivity index (χ2n) is 22.6. The summed E-state index contributed by atoms with van der Waals surface area (Å²) in [5.74, 6) is -0.303. The molecule has 0 unspecified atom stereocenters. The molecular weight excluding hydrogens is 1030 g/mol. The molecule has 4 aromatic rings. The van der Waals surface area contributed by atoms with Crippen LogP contribution in [0.25, 0.3) is 0 Å². The fourth-order valence-corrected chi connectivity index (χ4v) is 9.56. The number of hydrogen-bond donors (Lipinski definition) is 0. The van der Waals surface area contributed by atoms with E-state index in [9.17, 15) is 45.5 Å². The molecule has 20 nitrogen and oxygen atoms in total. The number of nitrogens with zero attached hydrogens (tertiary/aromatic N) is 14. The summed E-state index contributed by atoms with van der Waals surface area (Å²) in [6.07, 6.45) is -0.136. The lowest BCUT2D eigenvalue weighted by molar-refractivity contribution is -1.09. The van der Waals surface area contributed by atoms with Gasteiger partial charge in [-0.3, -0.25) is 18.8 Å². The standard InChI is InChI=1S/C52H70F6N14O6/c1-49(2,3)45-59-37(51(53,54)55)35-41(61-45)67-25-31-71(32-26-67,29-9-7-17-69-23-15-39(63-47(69)75)65-19-11-20-65)77-43(73)13-14-44(74)78-72(30-10-8-18-70-24-16-40(64-48(70)76)66-21-12-22-66)33-27-68(28-34-72)42-36-38(52(56,57)58)60-46(62-42)50(4,5)6/h13-16,23-24,35-36H,7-12,17-22,25-34H2,1-6H3/q+2/b14-13+. The zero-order valence-electron chi connectivity index (χ0n) is 45.2. The zero-order valence-corrected chi connectivity index (χ0v) is 45.2. The van der Waals surface area contributed by atoms with Gasteiger partial charge in [0.05, 0.1) is 26.2 Å². The number of alkyl halides is 6. The van der Waals surface area contributed by atoms with Crippen molar-refractivity contribution in [3.05, 3.63) is 92.8 Å². The molecule has 0 amide bonds. The molecule has 8 heterocycles. The minimum Gasteiger partial charge on any atom is -0.356 e. The molecule has 8 rings (SSSR count). The van der Waals surface area contributed by atoms with E-state index in [0.29, 0.717) is 50.4 Å². The van der Waals surface area contributed by atoms with Crippen molar-refractivity contribution >= 4 is 35.2 Å². The van der Waals surface area contributed by atoms with Crippen LogP contribution in [0.2, 0.25) is 0 Å². The number of piperazine rings is 2.